The number of aliphatic hydroxyl groups is 1. The minimum atomic E-state index is -0.602. The second-order valence-corrected chi connectivity index (χ2v) is 4.89. The molecule has 0 fully saturated rings. The van der Waals surface area contributed by atoms with Crippen molar-refractivity contribution >= 4 is 0 Å². The molecular weight excluding hydrogens is 188 g/mol. The summed E-state index contributed by atoms with van der Waals surface area (Å²) in [6.45, 7) is 4.49. The average Bonchev–Trinajstić information content (AvgIpc) is 2.16. The van der Waals surface area contributed by atoms with Crippen molar-refractivity contribution in [2.75, 3.05) is 6.61 Å². The molecule has 0 saturated carbocycles. The largest absolute Gasteiger partial charge is 0.493 e. The summed E-state index contributed by atoms with van der Waals surface area (Å²) in [5, 5.41) is 9.85. The third kappa shape index (κ3) is 2.51. The molecule has 1 unspecified atom stereocenters. The van der Waals surface area contributed by atoms with Crippen molar-refractivity contribution in [2.24, 2.45) is 0 Å². The van der Waals surface area contributed by atoms with Crippen molar-refractivity contribution in [2.45, 2.75) is 38.2 Å². The van der Waals surface area contributed by atoms with Crippen LogP contribution in [0.4, 0.5) is 0 Å². The van der Waals surface area contributed by atoms with Crippen LogP contribution in [0.15, 0.2) is 24.3 Å². The predicted octanol–water partition coefficient (Wildman–Crippen LogP) is 2.71. The number of hydrogen-bond acceptors (Lipinski definition) is 2. The number of ether oxygens (including phenoxy) is 1. The van der Waals surface area contributed by atoms with E-state index in [2.05, 4.69) is 6.07 Å². The van der Waals surface area contributed by atoms with Gasteiger partial charge in [0, 0.05) is 0 Å². The standard InChI is InChI=1S/C13H18O2/c1-13(2,14)9-10-7-8-15-12-6-4-3-5-11(10)12/h3-6,10,14H,7-9H2,1-2H3. The van der Waals surface area contributed by atoms with Gasteiger partial charge >= 0.3 is 0 Å². The molecule has 0 amide bonds. The molecular formula is C13H18O2. The zero-order valence-corrected chi connectivity index (χ0v) is 9.36. The van der Waals surface area contributed by atoms with Crippen LogP contribution in [0.2, 0.25) is 0 Å². The van der Waals surface area contributed by atoms with E-state index in [1.807, 2.05) is 32.0 Å². The van der Waals surface area contributed by atoms with Crippen LogP contribution >= 0.6 is 0 Å². The van der Waals surface area contributed by atoms with Crippen molar-refractivity contribution in [1.82, 2.24) is 0 Å². The van der Waals surface area contributed by atoms with Gasteiger partial charge in [0.25, 0.3) is 0 Å². The highest BCUT2D eigenvalue weighted by molar-refractivity contribution is 5.37. The van der Waals surface area contributed by atoms with Gasteiger partial charge < -0.3 is 9.84 Å². The van der Waals surface area contributed by atoms with Gasteiger partial charge in [-0.2, -0.15) is 0 Å². The smallest absolute Gasteiger partial charge is 0.122 e. The van der Waals surface area contributed by atoms with Gasteiger partial charge in [0.15, 0.2) is 0 Å². The second-order valence-electron chi connectivity index (χ2n) is 4.89. The second kappa shape index (κ2) is 3.86. The summed E-state index contributed by atoms with van der Waals surface area (Å²) < 4.78 is 5.59. The average molecular weight is 206 g/mol. The van der Waals surface area contributed by atoms with Gasteiger partial charge in [-0.3, -0.25) is 0 Å². The number of fused-ring (bicyclic) bond motifs is 1. The Balaban J connectivity index is 2.22. The first-order valence-electron chi connectivity index (χ1n) is 5.50. The lowest BCUT2D eigenvalue weighted by Crippen LogP contribution is -2.25. The van der Waals surface area contributed by atoms with Crippen molar-refractivity contribution in [3.63, 3.8) is 0 Å². The van der Waals surface area contributed by atoms with E-state index in [4.69, 9.17) is 4.74 Å². The zero-order chi connectivity index (χ0) is 10.9. The fraction of sp³-hybridized carbons (Fsp3) is 0.538. The van der Waals surface area contributed by atoms with Gasteiger partial charge in [0.05, 0.1) is 12.2 Å². The van der Waals surface area contributed by atoms with Crippen molar-refractivity contribution in [1.29, 1.82) is 0 Å². The Morgan fingerprint density at radius 2 is 2.13 bits per heavy atom. The highest BCUT2D eigenvalue weighted by atomic mass is 16.5. The molecule has 0 aromatic heterocycles. The first kappa shape index (κ1) is 10.5. The van der Waals surface area contributed by atoms with E-state index in [1.165, 1.54) is 5.56 Å². The van der Waals surface area contributed by atoms with E-state index >= 15 is 0 Å². The molecule has 1 aliphatic heterocycles. The van der Waals surface area contributed by atoms with Gasteiger partial charge in [-0.05, 0) is 44.2 Å². The molecule has 2 heteroatoms. The third-order valence-corrected chi connectivity index (χ3v) is 2.83. The highest BCUT2D eigenvalue weighted by Crippen LogP contribution is 2.37. The Kier molecular flexibility index (Phi) is 2.70. The minimum absolute atomic E-state index is 0.426. The molecule has 1 N–H and O–H groups in total. The van der Waals surface area contributed by atoms with Crippen LogP contribution in [-0.4, -0.2) is 17.3 Å². The molecule has 0 radical (unpaired) electrons. The molecule has 1 atom stereocenters. The maximum absolute atomic E-state index is 9.85. The van der Waals surface area contributed by atoms with E-state index in [1.54, 1.807) is 0 Å². The Bertz CT molecular complexity index is 339. The first-order chi connectivity index (χ1) is 7.06. The van der Waals surface area contributed by atoms with Gasteiger partial charge in [0.1, 0.15) is 5.75 Å². The molecule has 1 heterocycles. The van der Waals surface area contributed by atoms with Gasteiger partial charge in [-0.15, -0.1) is 0 Å². The van der Waals surface area contributed by atoms with E-state index in [9.17, 15) is 5.11 Å². The van der Waals surface area contributed by atoms with Crippen LogP contribution in [-0.2, 0) is 0 Å². The summed E-state index contributed by atoms with van der Waals surface area (Å²) >= 11 is 0. The fourth-order valence-electron chi connectivity index (χ4n) is 2.23. The Hall–Kier alpha value is -1.02. The van der Waals surface area contributed by atoms with Crippen LogP contribution in [0.1, 0.15) is 38.2 Å². The predicted molar refractivity (Wildman–Crippen MR) is 60.2 cm³/mol. The molecule has 1 aromatic rings. The fourth-order valence-corrected chi connectivity index (χ4v) is 2.23. The van der Waals surface area contributed by atoms with Gasteiger partial charge in [0.2, 0.25) is 0 Å². The summed E-state index contributed by atoms with van der Waals surface area (Å²) in [5.74, 6) is 1.41. The number of hydrogen-bond donors (Lipinski definition) is 1. The Labute approximate surface area is 90.9 Å². The minimum Gasteiger partial charge on any atom is -0.493 e. The number of benzene rings is 1. The highest BCUT2D eigenvalue weighted by Gasteiger charge is 2.26. The van der Waals surface area contributed by atoms with Crippen LogP contribution in [0.3, 0.4) is 0 Å². The Morgan fingerprint density at radius 1 is 1.40 bits per heavy atom. The van der Waals surface area contributed by atoms with Crippen molar-refractivity contribution in [3.05, 3.63) is 29.8 Å². The molecule has 0 bridgehead atoms. The lowest BCUT2D eigenvalue weighted by Gasteiger charge is -2.30. The summed E-state index contributed by atoms with van der Waals surface area (Å²) in [6.07, 6.45) is 1.80. The van der Waals surface area contributed by atoms with Crippen LogP contribution in [0, 0.1) is 0 Å². The Morgan fingerprint density at radius 3 is 2.87 bits per heavy atom. The third-order valence-electron chi connectivity index (χ3n) is 2.83. The topological polar surface area (TPSA) is 29.5 Å². The summed E-state index contributed by atoms with van der Waals surface area (Å²) in [4.78, 5) is 0. The van der Waals surface area contributed by atoms with Gasteiger partial charge in [-0.1, -0.05) is 18.2 Å². The molecule has 1 aromatic carbocycles. The lowest BCUT2D eigenvalue weighted by atomic mass is 9.84. The number of rotatable bonds is 2. The maximum Gasteiger partial charge on any atom is 0.122 e. The molecule has 82 valence electrons. The summed E-state index contributed by atoms with van der Waals surface area (Å²) in [7, 11) is 0. The van der Waals surface area contributed by atoms with E-state index in [0.717, 1.165) is 25.2 Å². The SMILES string of the molecule is CC(C)(O)CC1CCOc2ccccc21. The molecule has 0 spiro atoms. The molecule has 2 rings (SSSR count). The molecule has 2 nitrogen and oxygen atoms in total. The first-order valence-corrected chi connectivity index (χ1v) is 5.50. The van der Waals surface area contributed by atoms with Crippen molar-refractivity contribution in [3.8, 4) is 5.75 Å². The van der Waals surface area contributed by atoms with E-state index < -0.39 is 5.60 Å². The van der Waals surface area contributed by atoms with Crippen molar-refractivity contribution < 1.29 is 9.84 Å². The normalized spacial score (nSPS) is 20.6. The molecule has 15 heavy (non-hydrogen) atoms. The lowest BCUT2D eigenvalue weighted by molar-refractivity contribution is 0.0576. The number of para-hydroxylation sites is 1. The summed E-state index contributed by atoms with van der Waals surface area (Å²) in [6, 6.07) is 8.13. The zero-order valence-electron chi connectivity index (χ0n) is 9.36. The van der Waals surface area contributed by atoms with Crippen LogP contribution < -0.4 is 4.74 Å². The molecule has 0 saturated heterocycles. The van der Waals surface area contributed by atoms with E-state index in [0.29, 0.717) is 5.92 Å². The summed E-state index contributed by atoms with van der Waals surface area (Å²) in [5.41, 5.74) is 0.639. The van der Waals surface area contributed by atoms with Crippen LogP contribution in [0.5, 0.6) is 5.75 Å². The molecule has 0 aliphatic carbocycles. The van der Waals surface area contributed by atoms with Crippen LogP contribution in [0.25, 0.3) is 0 Å². The monoisotopic (exact) mass is 206 g/mol. The molecule has 1 aliphatic rings. The quantitative estimate of drug-likeness (QED) is 0.806. The van der Waals surface area contributed by atoms with Gasteiger partial charge in [-0.25, -0.2) is 0 Å². The van der Waals surface area contributed by atoms with E-state index in [-0.39, 0.29) is 0 Å². The maximum atomic E-state index is 9.85.